The molecule has 0 amide bonds. The molecule has 1 aliphatic rings. The molecule has 0 saturated heterocycles. The SMILES string of the molecule is C[C@H](CO)N1C[C@H](C)[C@@H](CN(C)Cc2ccccn2)Oc2cc(C#C[C@@H](C)O)ccc2S1(=O)=O. The van der Waals surface area contributed by atoms with Gasteiger partial charge in [0.15, 0.2) is 0 Å². The van der Waals surface area contributed by atoms with Crippen LogP contribution in [0.25, 0.3) is 0 Å². The molecule has 34 heavy (non-hydrogen) atoms. The number of aliphatic hydroxyl groups is 2. The summed E-state index contributed by atoms with van der Waals surface area (Å²) in [5.74, 6) is 5.59. The van der Waals surface area contributed by atoms with Crippen LogP contribution in [0.15, 0.2) is 47.5 Å². The summed E-state index contributed by atoms with van der Waals surface area (Å²) >= 11 is 0. The minimum Gasteiger partial charge on any atom is -0.487 e. The van der Waals surface area contributed by atoms with Crippen LogP contribution in [0.2, 0.25) is 0 Å². The molecule has 0 unspecified atom stereocenters. The van der Waals surface area contributed by atoms with Crippen molar-refractivity contribution in [2.75, 3.05) is 26.7 Å². The van der Waals surface area contributed by atoms with Gasteiger partial charge in [0.1, 0.15) is 22.9 Å². The number of benzene rings is 1. The Bertz CT molecular complexity index is 1130. The molecular weight excluding hydrogens is 454 g/mol. The highest BCUT2D eigenvalue weighted by Gasteiger charge is 2.38. The second-order valence-electron chi connectivity index (χ2n) is 8.86. The van der Waals surface area contributed by atoms with E-state index in [2.05, 4.69) is 21.7 Å². The summed E-state index contributed by atoms with van der Waals surface area (Å²) < 4.78 is 34.7. The van der Waals surface area contributed by atoms with Gasteiger partial charge in [0.25, 0.3) is 0 Å². The van der Waals surface area contributed by atoms with E-state index in [0.717, 1.165) is 5.69 Å². The van der Waals surface area contributed by atoms with E-state index in [1.165, 1.54) is 10.4 Å². The van der Waals surface area contributed by atoms with E-state index in [1.54, 1.807) is 32.2 Å². The average Bonchev–Trinajstić information content (AvgIpc) is 2.80. The molecule has 4 atom stereocenters. The molecule has 0 spiro atoms. The highest BCUT2D eigenvalue weighted by atomic mass is 32.2. The molecule has 2 aromatic rings. The summed E-state index contributed by atoms with van der Waals surface area (Å²) in [6, 6.07) is 9.88. The molecule has 0 fully saturated rings. The molecule has 1 aromatic carbocycles. The van der Waals surface area contributed by atoms with Crippen LogP contribution in [0.4, 0.5) is 0 Å². The normalized spacial score (nSPS) is 21.9. The third-order valence-corrected chi connectivity index (χ3v) is 7.76. The van der Waals surface area contributed by atoms with Crippen LogP contribution in [0, 0.1) is 17.8 Å². The fraction of sp³-hybridized carbons (Fsp3) is 0.480. The Morgan fingerprint density at radius 3 is 2.71 bits per heavy atom. The van der Waals surface area contributed by atoms with Gasteiger partial charge in [0.05, 0.1) is 12.3 Å². The van der Waals surface area contributed by atoms with Crippen LogP contribution in [0.3, 0.4) is 0 Å². The first kappa shape index (κ1) is 26.1. The zero-order valence-electron chi connectivity index (χ0n) is 20.0. The van der Waals surface area contributed by atoms with Crippen LogP contribution in [-0.4, -0.2) is 77.8 Å². The zero-order chi connectivity index (χ0) is 24.9. The largest absolute Gasteiger partial charge is 0.487 e. The van der Waals surface area contributed by atoms with Crippen LogP contribution in [0.1, 0.15) is 32.0 Å². The van der Waals surface area contributed by atoms with Gasteiger partial charge in [-0.05, 0) is 51.2 Å². The van der Waals surface area contributed by atoms with E-state index >= 15 is 0 Å². The smallest absolute Gasteiger partial charge is 0.247 e. The molecule has 1 aliphatic heterocycles. The van der Waals surface area contributed by atoms with Crippen molar-refractivity contribution >= 4 is 10.0 Å². The number of nitrogens with zero attached hydrogens (tertiary/aromatic N) is 3. The van der Waals surface area contributed by atoms with E-state index in [1.807, 2.05) is 32.2 Å². The Hall–Kier alpha value is -2.48. The van der Waals surface area contributed by atoms with Crippen molar-refractivity contribution in [3.8, 4) is 17.6 Å². The zero-order valence-corrected chi connectivity index (χ0v) is 20.9. The Labute approximate surface area is 202 Å². The molecule has 0 saturated carbocycles. The quantitative estimate of drug-likeness (QED) is 0.598. The molecule has 2 heterocycles. The highest BCUT2D eigenvalue weighted by molar-refractivity contribution is 7.89. The van der Waals surface area contributed by atoms with Gasteiger partial charge in [-0.15, -0.1) is 0 Å². The van der Waals surface area contributed by atoms with Crippen molar-refractivity contribution < 1.29 is 23.4 Å². The number of hydrogen-bond donors (Lipinski definition) is 2. The fourth-order valence-electron chi connectivity index (χ4n) is 3.85. The average molecular weight is 488 g/mol. The molecule has 8 nitrogen and oxygen atoms in total. The van der Waals surface area contributed by atoms with Gasteiger partial charge in [-0.3, -0.25) is 9.88 Å². The van der Waals surface area contributed by atoms with Gasteiger partial charge in [-0.1, -0.05) is 24.8 Å². The van der Waals surface area contributed by atoms with Crippen molar-refractivity contribution in [3.05, 3.63) is 53.9 Å². The lowest BCUT2D eigenvalue weighted by molar-refractivity contribution is 0.0730. The van der Waals surface area contributed by atoms with Crippen LogP contribution in [-0.2, 0) is 16.6 Å². The van der Waals surface area contributed by atoms with Gasteiger partial charge >= 0.3 is 0 Å². The van der Waals surface area contributed by atoms with E-state index < -0.39 is 22.2 Å². The van der Waals surface area contributed by atoms with E-state index in [0.29, 0.717) is 18.7 Å². The van der Waals surface area contributed by atoms with Crippen molar-refractivity contribution in [1.29, 1.82) is 0 Å². The Morgan fingerprint density at radius 2 is 2.06 bits per heavy atom. The molecule has 0 radical (unpaired) electrons. The van der Waals surface area contributed by atoms with Crippen molar-refractivity contribution in [2.45, 2.75) is 50.5 Å². The van der Waals surface area contributed by atoms with Gasteiger partial charge in [0, 0.05) is 43.4 Å². The molecular formula is C25H33N3O5S. The first-order chi connectivity index (χ1) is 16.1. The number of sulfonamides is 1. The summed E-state index contributed by atoms with van der Waals surface area (Å²) in [4.78, 5) is 6.51. The third-order valence-electron chi connectivity index (χ3n) is 5.74. The summed E-state index contributed by atoms with van der Waals surface area (Å²) in [5, 5.41) is 19.3. The summed E-state index contributed by atoms with van der Waals surface area (Å²) in [5.41, 5.74) is 1.48. The van der Waals surface area contributed by atoms with Gasteiger partial charge in [-0.25, -0.2) is 8.42 Å². The maximum atomic E-state index is 13.5. The first-order valence-electron chi connectivity index (χ1n) is 11.3. The van der Waals surface area contributed by atoms with Gasteiger partial charge in [-0.2, -0.15) is 4.31 Å². The molecule has 2 N–H and O–H groups in total. The first-order valence-corrected chi connectivity index (χ1v) is 12.8. The predicted octanol–water partition coefficient (Wildman–Crippen LogP) is 1.71. The van der Waals surface area contributed by atoms with Crippen molar-refractivity contribution in [2.24, 2.45) is 5.92 Å². The second-order valence-corrected chi connectivity index (χ2v) is 10.7. The maximum Gasteiger partial charge on any atom is 0.247 e. The van der Waals surface area contributed by atoms with Crippen molar-refractivity contribution in [1.82, 2.24) is 14.2 Å². The monoisotopic (exact) mass is 487 g/mol. The number of pyridine rings is 1. The van der Waals surface area contributed by atoms with Crippen LogP contribution < -0.4 is 4.74 Å². The molecule has 184 valence electrons. The second kappa shape index (κ2) is 11.3. The Balaban J connectivity index is 1.99. The van der Waals surface area contributed by atoms with Crippen molar-refractivity contribution in [3.63, 3.8) is 0 Å². The number of fused-ring (bicyclic) bond motifs is 1. The standard InChI is InChI=1S/C25H33N3O5S/c1-18-14-28(19(2)17-29)34(31,32)25-11-10-21(9-8-20(3)30)13-23(25)33-24(18)16-27(4)15-22-7-5-6-12-26-22/h5-7,10-13,18-20,24,29-30H,14-17H2,1-4H3/t18-,19+,20+,24+/m0/s1. The third kappa shape index (κ3) is 6.34. The topological polar surface area (TPSA) is 103 Å². The van der Waals surface area contributed by atoms with E-state index in [4.69, 9.17) is 4.74 Å². The lowest BCUT2D eigenvalue weighted by atomic mass is 10.0. The molecule has 0 bridgehead atoms. The lowest BCUT2D eigenvalue weighted by Gasteiger charge is -2.37. The minimum atomic E-state index is -3.91. The Morgan fingerprint density at radius 1 is 1.29 bits per heavy atom. The predicted molar refractivity (Wildman–Crippen MR) is 130 cm³/mol. The summed E-state index contributed by atoms with van der Waals surface area (Å²) in [6.45, 7) is 6.30. The summed E-state index contributed by atoms with van der Waals surface area (Å²) in [6.07, 6.45) is 0.625. The molecule has 9 heteroatoms. The molecule has 3 rings (SSSR count). The molecule has 1 aromatic heterocycles. The fourth-order valence-corrected chi connectivity index (χ4v) is 5.67. The number of hydrogen-bond acceptors (Lipinski definition) is 7. The highest BCUT2D eigenvalue weighted by Crippen LogP contribution is 2.34. The van der Waals surface area contributed by atoms with E-state index in [9.17, 15) is 18.6 Å². The Kier molecular flexibility index (Phi) is 8.68. The van der Waals surface area contributed by atoms with E-state index in [-0.39, 0.29) is 35.8 Å². The van der Waals surface area contributed by atoms with Crippen LogP contribution >= 0.6 is 0 Å². The lowest BCUT2D eigenvalue weighted by Crippen LogP contribution is -2.49. The number of rotatable bonds is 6. The number of aliphatic hydroxyl groups excluding tert-OH is 2. The maximum absolute atomic E-state index is 13.5. The van der Waals surface area contributed by atoms with Crippen LogP contribution in [0.5, 0.6) is 5.75 Å². The summed E-state index contributed by atoms with van der Waals surface area (Å²) in [7, 11) is -1.94. The van der Waals surface area contributed by atoms with Gasteiger partial charge < -0.3 is 14.9 Å². The number of likely N-dealkylation sites (N-methyl/N-ethyl adjacent to an activating group) is 1. The minimum absolute atomic E-state index is 0.0414. The number of ether oxygens (including phenoxy) is 1. The molecule has 0 aliphatic carbocycles. The van der Waals surface area contributed by atoms with Gasteiger partial charge in [0.2, 0.25) is 10.0 Å². The number of aromatic nitrogens is 1.